The van der Waals surface area contributed by atoms with E-state index in [1.165, 1.54) is 11.1 Å². The predicted octanol–water partition coefficient (Wildman–Crippen LogP) is 5.67. The molecule has 0 radical (unpaired) electrons. The summed E-state index contributed by atoms with van der Waals surface area (Å²) in [5, 5.41) is 0.943. The quantitative estimate of drug-likeness (QED) is 0.276. The highest BCUT2D eigenvalue weighted by Crippen LogP contribution is 2.35. The first-order chi connectivity index (χ1) is 16.2. The normalized spacial score (nSPS) is 11.5. The van der Waals surface area contributed by atoms with E-state index in [0.717, 1.165) is 26.8 Å². The molecule has 3 heterocycles. The third-order valence-electron chi connectivity index (χ3n) is 5.06. The van der Waals surface area contributed by atoms with E-state index >= 15 is 0 Å². The fraction of sp³-hybridized carbons (Fsp3) is 0.0385. The molecule has 6 nitrogen and oxygen atoms in total. The lowest BCUT2D eigenvalue weighted by Gasteiger charge is -2.02. The van der Waals surface area contributed by atoms with Crippen LogP contribution >= 0.6 is 11.3 Å². The number of pyridine rings is 1. The van der Waals surface area contributed by atoms with Crippen molar-refractivity contribution >= 4 is 23.1 Å². The molecule has 0 spiro atoms. The van der Waals surface area contributed by atoms with E-state index in [1.54, 1.807) is 29.8 Å². The Morgan fingerprint density at radius 2 is 1.48 bits per heavy atom. The summed E-state index contributed by atoms with van der Waals surface area (Å²) < 4.78 is 0. The van der Waals surface area contributed by atoms with Gasteiger partial charge in [0, 0.05) is 18.0 Å². The highest BCUT2D eigenvalue weighted by molar-refractivity contribution is 7.18. The molecule has 0 unspecified atom stereocenters. The first kappa shape index (κ1) is 20.7. The van der Waals surface area contributed by atoms with Crippen molar-refractivity contribution in [3.05, 3.63) is 103 Å². The van der Waals surface area contributed by atoms with Gasteiger partial charge in [-0.05, 0) is 36.2 Å². The summed E-state index contributed by atoms with van der Waals surface area (Å²) in [5.41, 5.74) is 11.8. The SMILES string of the molecule is Cc1nc(-c2ccc(-c3ccccc3)cc2)sc1-c1ccnc(N=C(N)c2ccccn2)n1. The maximum atomic E-state index is 6.08. The van der Waals surface area contributed by atoms with Crippen molar-refractivity contribution in [1.82, 2.24) is 19.9 Å². The highest BCUT2D eigenvalue weighted by Gasteiger charge is 2.14. The van der Waals surface area contributed by atoms with E-state index in [4.69, 9.17) is 10.7 Å². The van der Waals surface area contributed by atoms with Gasteiger partial charge in [-0.15, -0.1) is 11.3 Å². The maximum Gasteiger partial charge on any atom is 0.251 e. The molecule has 0 amide bonds. The van der Waals surface area contributed by atoms with Gasteiger partial charge in [-0.25, -0.2) is 15.0 Å². The first-order valence-corrected chi connectivity index (χ1v) is 11.2. The average Bonchev–Trinajstić information content (AvgIpc) is 3.27. The Labute approximate surface area is 195 Å². The van der Waals surface area contributed by atoms with E-state index in [9.17, 15) is 0 Å². The summed E-state index contributed by atoms with van der Waals surface area (Å²) in [6.07, 6.45) is 3.35. The molecule has 0 aliphatic carbocycles. The fourth-order valence-electron chi connectivity index (χ4n) is 3.40. The maximum absolute atomic E-state index is 6.08. The monoisotopic (exact) mass is 448 g/mol. The van der Waals surface area contributed by atoms with E-state index in [-0.39, 0.29) is 11.8 Å². The lowest BCUT2D eigenvalue weighted by Crippen LogP contribution is -2.14. The lowest BCUT2D eigenvalue weighted by atomic mass is 10.0. The molecule has 160 valence electrons. The standard InChI is InChI=1S/C26H20N6S/c1-17-23(21-14-16-29-26(31-21)32-24(27)22-9-5-6-15-28-22)33-25(30-17)20-12-10-19(11-13-20)18-7-3-2-4-8-18/h2-16H,1H3,(H2,27,29,31,32). The number of nitrogens with two attached hydrogens (primary N) is 1. The predicted molar refractivity (Wildman–Crippen MR) is 133 cm³/mol. The number of nitrogens with zero attached hydrogens (tertiary/aromatic N) is 5. The molecule has 0 aliphatic rings. The van der Waals surface area contributed by atoms with Crippen LogP contribution in [-0.4, -0.2) is 25.8 Å². The van der Waals surface area contributed by atoms with E-state index in [2.05, 4.69) is 56.3 Å². The van der Waals surface area contributed by atoms with Gasteiger partial charge in [-0.2, -0.15) is 4.99 Å². The van der Waals surface area contributed by atoms with Crippen molar-refractivity contribution in [3.8, 4) is 32.3 Å². The van der Waals surface area contributed by atoms with Gasteiger partial charge < -0.3 is 5.73 Å². The number of aromatic nitrogens is 4. The summed E-state index contributed by atoms with van der Waals surface area (Å²) in [4.78, 5) is 23.2. The fourth-order valence-corrected chi connectivity index (χ4v) is 4.44. The van der Waals surface area contributed by atoms with Gasteiger partial charge in [-0.3, -0.25) is 4.98 Å². The number of aryl methyl sites for hydroxylation is 1. The van der Waals surface area contributed by atoms with Gasteiger partial charge in [0.25, 0.3) is 5.95 Å². The van der Waals surface area contributed by atoms with Gasteiger partial charge in [0.1, 0.15) is 10.7 Å². The summed E-state index contributed by atoms with van der Waals surface area (Å²) in [6, 6.07) is 26.1. The Balaban J connectivity index is 1.43. The zero-order chi connectivity index (χ0) is 22.6. The smallest absolute Gasteiger partial charge is 0.251 e. The van der Waals surface area contributed by atoms with Crippen LogP contribution in [0.5, 0.6) is 0 Å². The van der Waals surface area contributed by atoms with Crippen molar-refractivity contribution in [3.63, 3.8) is 0 Å². The largest absolute Gasteiger partial charge is 0.382 e. The number of thiazole rings is 1. The number of aliphatic imine (C=N–C) groups is 1. The molecule has 2 aromatic carbocycles. The third-order valence-corrected chi connectivity index (χ3v) is 6.29. The van der Waals surface area contributed by atoms with Crippen LogP contribution in [-0.2, 0) is 0 Å². The Bertz CT molecular complexity index is 1410. The molecule has 5 aromatic rings. The highest BCUT2D eigenvalue weighted by atomic mass is 32.1. The van der Waals surface area contributed by atoms with Crippen LogP contribution < -0.4 is 5.73 Å². The molecule has 0 fully saturated rings. The van der Waals surface area contributed by atoms with Gasteiger partial charge >= 0.3 is 0 Å². The topological polar surface area (TPSA) is 89.9 Å². The molecular formula is C26H20N6S. The van der Waals surface area contributed by atoms with E-state index in [0.29, 0.717) is 5.69 Å². The zero-order valence-corrected chi connectivity index (χ0v) is 18.7. The molecule has 0 saturated heterocycles. The van der Waals surface area contributed by atoms with Crippen LogP contribution in [0, 0.1) is 6.92 Å². The van der Waals surface area contributed by atoms with Crippen molar-refractivity contribution in [2.45, 2.75) is 6.92 Å². The van der Waals surface area contributed by atoms with Crippen LogP contribution in [0.3, 0.4) is 0 Å². The Kier molecular flexibility index (Phi) is 5.70. The van der Waals surface area contributed by atoms with Crippen molar-refractivity contribution < 1.29 is 0 Å². The molecule has 5 rings (SSSR count). The van der Waals surface area contributed by atoms with E-state index in [1.807, 2.05) is 43.3 Å². The lowest BCUT2D eigenvalue weighted by molar-refractivity contribution is 1.13. The molecule has 0 saturated carbocycles. The zero-order valence-electron chi connectivity index (χ0n) is 17.9. The number of amidine groups is 1. The van der Waals surface area contributed by atoms with Crippen LogP contribution in [0.1, 0.15) is 11.4 Å². The summed E-state index contributed by atoms with van der Waals surface area (Å²) in [5.74, 6) is 0.560. The molecule has 0 aliphatic heterocycles. The summed E-state index contributed by atoms with van der Waals surface area (Å²) in [6.45, 7) is 1.99. The molecule has 0 atom stereocenters. The van der Waals surface area contributed by atoms with E-state index < -0.39 is 0 Å². The van der Waals surface area contributed by atoms with Crippen molar-refractivity contribution in [2.24, 2.45) is 10.7 Å². The van der Waals surface area contributed by atoms with Gasteiger partial charge in [0.05, 0.1) is 16.3 Å². The molecule has 33 heavy (non-hydrogen) atoms. The number of hydrogen-bond acceptors (Lipinski definition) is 6. The van der Waals surface area contributed by atoms with Crippen LogP contribution in [0.15, 0.2) is 96.2 Å². The molecule has 0 bridgehead atoms. The van der Waals surface area contributed by atoms with Crippen molar-refractivity contribution in [2.75, 3.05) is 0 Å². The second-order valence-electron chi connectivity index (χ2n) is 7.33. The van der Waals surface area contributed by atoms with Gasteiger partial charge in [0.15, 0.2) is 5.84 Å². The minimum Gasteiger partial charge on any atom is -0.382 e. The second kappa shape index (κ2) is 9.10. The minimum atomic E-state index is 0.271. The summed E-state index contributed by atoms with van der Waals surface area (Å²) >= 11 is 1.60. The first-order valence-electron chi connectivity index (χ1n) is 10.4. The molecular weight excluding hydrogens is 428 g/mol. The number of rotatable bonds is 5. The Hall–Kier alpha value is -4.23. The molecule has 2 N–H and O–H groups in total. The molecule has 3 aromatic heterocycles. The van der Waals surface area contributed by atoms with Crippen molar-refractivity contribution in [1.29, 1.82) is 0 Å². The van der Waals surface area contributed by atoms with Gasteiger partial charge in [0.2, 0.25) is 0 Å². The Morgan fingerprint density at radius 1 is 0.758 bits per heavy atom. The van der Waals surface area contributed by atoms with Crippen LogP contribution in [0.25, 0.3) is 32.3 Å². The van der Waals surface area contributed by atoms with Crippen LogP contribution in [0.2, 0.25) is 0 Å². The van der Waals surface area contributed by atoms with Crippen LogP contribution in [0.4, 0.5) is 5.95 Å². The number of hydrogen-bond donors (Lipinski definition) is 1. The second-order valence-corrected chi connectivity index (χ2v) is 8.33. The Morgan fingerprint density at radius 3 is 2.24 bits per heavy atom. The molecule has 7 heteroatoms. The average molecular weight is 449 g/mol. The summed E-state index contributed by atoms with van der Waals surface area (Å²) in [7, 11) is 0. The minimum absolute atomic E-state index is 0.271. The third kappa shape index (κ3) is 4.53. The number of benzene rings is 2. The van der Waals surface area contributed by atoms with Gasteiger partial charge in [-0.1, -0.05) is 60.7 Å².